The van der Waals surface area contributed by atoms with Crippen molar-refractivity contribution < 1.29 is 59.2 Å². The standard InChI is InChI=1S/C18H32O12S/c1-2-16(23)30-12-18(25,26)11-28-8-14(21)6-27-7-15(22)9-29-17(24)3-4-31-10-13(20)5-19/h2,13-15,19-22,25-26H,1,3-12H2. The van der Waals surface area contributed by atoms with Gasteiger partial charge in [-0.3, -0.25) is 4.79 Å². The number of thioether (sulfide) groups is 1. The van der Waals surface area contributed by atoms with Gasteiger partial charge in [-0.15, -0.1) is 0 Å². The summed E-state index contributed by atoms with van der Waals surface area (Å²) in [5, 5.41) is 56.3. The third kappa shape index (κ3) is 18.0. The number of ether oxygens (including phenoxy) is 4. The van der Waals surface area contributed by atoms with Gasteiger partial charge in [-0.25, -0.2) is 4.79 Å². The van der Waals surface area contributed by atoms with E-state index >= 15 is 0 Å². The van der Waals surface area contributed by atoms with E-state index in [0.29, 0.717) is 11.5 Å². The number of hydrogen-bond acceptors (Lipinski definition) is 13. The molecule has 0 saturated carbocycles. The maximum atomic E-state index is 11.5. The molecule has 31 heavy (non-hydrogen) atoms. The first-order chi connectivity index (χ1) is 14.6. The van der Waals surface area contributed by atoms with Crippen molar-refractivity contribution in [1.29, 1.82) is 0 Å². The van der Waals surface area contributed by atoms with Crippen LogP contribution in [0.5, 0.6) is 0 Å². The summed E-state index contributed by atoms with van der Waals surface area (Å²) >= 11 is 1.28. The Morgan fingerprint density at radius 1 is 0.935 bits per heavy atom. The van der Waals surface area contributed by atoms with Crippen molar-refractivity contribution in [1.82, 2.24) is 0 Å². The Morgan fingerprint density at radius 3 is 2.16 bits per heavy atom. The zero-order valence-corrected chi connectivity index (χ0v) is 17.9. The van der Waals surface area contributed by atoms with Gasteiger partial charge in [0.25, 0.3) is 0 Å². The second-order valence-corrected chi connectivity index (χ2v) is 7.65. The smallest absolute Gasteiger partial charge is 0.330 e. The molecule has 0 saturated heterocycles. The minimum Gasteiger partial charge on any atom is -0.463 e. The van der Waals surface area contributed by atoms with Crippen molar-refractivity contribution in [3.8, 4) is 0 Å². The largest absolute Gasteiger partial charge is 0.463 e. The Labute approximate surface area is 184 Å². The van der Waals surface area contributed by atoms with Crippen LogP contribution >= 0.6 is 11.8 Å². The molecule has 12 nitrogen and oxygen atoms in total. The van der Waals surface area contributed by atoms with Crippen molar-refractivity contribution in [2.45, 2.75) is 30.5 Å². The summed E-state index contributed by atoms with van der Waals surface area (Å²) in [5.74, 6) is -3.10. The Bertz CT molecular complexity index is 516. The van der Waals surface area contributed by atoms with Gasteiger partial charge in [0.05, 0.1) is 39.0 Å². The summed E-state index contributed by atoms with van der Waals surface area (Å²) in [6.07, 6.45) is -2.14. The lowest BCUT2D eigenvalue weighted by atomic mass is 10.3. The van der Waals surface area contributed by atoms with Crippen LogP contribution in [0.3, 0.4) is 0 Å². The molecule has 0 spiro atoms. The highest BCUT2D eigenvalue weighted by molar-refractivity contribution is 7.99. The van der Waals surface area contributed by atoms with Gasteiger partial charge in [-0.1, -0.05) is 6.58 Å². The average Bonchev–Trinajstić information content (AvgIpc) is 2.73. The van der Waals surface area contributed by atoms with Gasteiger partial charge in [0.2, 0.25) is 5.79 Å². The summed E-state index contributed by atoms with van der Waals surface area (Å²) < 4.78 is 19.3. The molecule has 0 heterocycles. The summed E-state index contributed by atoms with van der Waals surface area (Å²) in [5.41, 5.74) is 0. The van der Waals surface area contributed by atoms with Gasteiger partial charge in [-0.2, -0.15) is 11.8 Å². The predicted octanol–water partition coefficient (Wildman–Crippen LogP) is -2.83. The topological polar surface area (TPSA) is 192 Å². The second kappa shape index (κ2) is 17.3. The molecule has 0 aliphatic rings. The zero-order valence-electron chi connectivity index (χ0n) is 17.1. The summed E-state index contributed by atoms with van der Waals surface area (Å²) in [6, 6.07) is 0. The summed E-state index contributed by atoms with van der Waals surface area (Å²) in [7, 11) is 0. The lowest BCUT2D eigenvalue weighted by molar-refractivity contribution is -0.228. The van der Waals surface area contributed by atoms with Crippen LogP contribution < -0.4 is 0 Å². The lowest BCUT2D eigenvalue weighted by Crippen LogP contribution is -2.41. The minimum atomic E-state index is -2.43. The van der Waals surface area contributed by atoms with E-state index in [9.17, 15) is 30.0 Å². The predicted molar refractivity (Wildman–Crippen MR) is 108 cm³/mol. The molecule has 0 rings (SSSR count). The first-order valence-corrected chi connectivity index (χ1v) is 10.5. The number of carbonyl (C=O) groups excluding carboxylic acids is 2. The highest BCUT2D eigenvalue weighted by Gasteiger charge is 2.26. The average molecular weight is 473 g/mol. The molecule has 6 N–H and O–H groups in total. The molecular formula is C18H32O12S. The quantitative estimate of drug-likeness (QED) is 0.0488. The molecule has 0 bridgehead atoms. The normalized spacial score (nSPS) is 14.5. The number of rotatable bonds is 19. The second-order valence-electron chi connectivity index (χ2n) is 6.50. The molecule has 0 aromatic rings. The van der Waals surface area contributed by atoms with E-state index in [4.69, 9.17) is 24.4 Å². The third-order valence-corrected chi connectivity index (χ3v) is 4.40. The van der Waals surface area contributed by atoms with E-state index in [1.807, 2.05) is 0 Å². The van der Waals surface area contributed by atoms with E-state index in [1.54, 1.807) is 0 Å². The van der Waals surface area contributed by atoms with E-state index in [2.05, 4.69) is 11.3 Å². The zero-order chi connectivity index (χ0) is 23.7. The molecule has 0 radical (unpaired) electrons. The van der Waals surface area contributed by atoms with E-state index in [0.717, 1.165) is 6.08 Å². The molecule has 13 heteroatoms. The summed E-state index contributed by atoms with van der Waals surface area (Å²) in [4.78, 5) is 22.4. The van der Waals surface area contributed by atoms with Crippen LogP contribution in [-0.4, -0.2) is 124 Å². The molecule has 3 unspecified atom stereocenters. The first kappa shape index (κ1) is 29.7. The van der Waals surface area contributed by atoms with Crippen molar-refractivity contribution in [2.24, 2.45) is 0 Å². The van der Waals surface area contributed by atoms with Crippen molar-refractivity contribution in [3.63, 3.8) is 0 Å². The summed E-state index contributed by atoms with van der Waals surface area (Å²) in [6.45, 7) is 0.379. The highest BCUT2D eigenvalue weighted by atomic mass is 32.2. The van der Waals surface area contributed by atoms with Crippen molar-refractivity contribution >= 4 is 23.7 Å². The Hall–Kier alpha value is -1.29. The van der Waals surface area contributed by atoms with Crippen LogP contribution in [-0.2, 0) is 28.5 Å². The molecule has 0 aromatic heterocycles. The van der Waals surface area contributed by atoms with Gasteiger partial charge in [0.15, 0.2) is 0 Å². The van der Waals surface area contributed by atoms with Gasteiger partial charge in [0, 0.05) is 17.6 Å². The van der Waals surface area contributed by atoms with Crippen LogP contribution in [0, 0.1) is 0 Å². The van der Waals surface area contributed by atoms with Gasteiger partial charge in [0.1, 0.15) is 32.0 Å². The molecule has 182 valence electrons. The number of esters is 2. The number of aliphatic hydroxyl groups excluding tert-OH is 4. The van der Waals surface area contributed by atoms with E-state index < -0.39 is 49.3 Å². The molecule has 0 aliphatic carbocycles. The fourth-order valence-electron chi connectivity index (χ4n) is 1.77. The van der Waals surface area contributed by atoms with Crippen molar-refractivity contribution in [3.05, 3.63) is 12.7 Å². The molecule has 0 fully saturated rings. The third-order valence-electron chi connectivity index (χ3n) is 3.28. The highest BCUT2D eigenvalue weighted by Crippen LogP contribution is 2.06. The molecule has 0 amide bonds. The van der Waals surface area contributed by atoms with Crippen molar-refractivity contribution in [2.75, 3.05) is 57.8 Å². The van der Waals surface area contributed by atoms with Crippen LogP contribution in [0.2, 0.25) is 0 Å². The molecule has 0 aliphatic heterocycles. The van der Waals surface area contributed by atoms with Crippen LogP contribution in [0.4, 0.5) is 0 Å². The maximum Gasteiger partial charge on any atom is 0.330 e. The van der Waals surface area contributed by atoms with Gasteiger partial charge < -0.3 is 49.6 Å². The molecule has 0 aromatic carbocycles. The fourth-order valence-corrected chi connectivity index (χ4v) is 2.63. The van der Waals surface area contributed by atoms with Crippen LogP contribution in [0.25, 0.3) is 0 Å². The molecular weight excluding hydrogens is 440 g/mol. The number of hydrogen-bond donors (Lipinski definition) is 6. The monoisotopic (exact) mass is 472 g/mol. The minimum absolute atomic E-state index is 0.0798. The fraction of sp³-hybridized carbons (Fsp3) is 0.778. The Balaban J connectivity index is 3.77. The maximum absolute atomic E-state index is 11.5. The number of aliphatic hydroxyl groups is 6. The Morgan fingerprint density at radius 2 is 1.55 bits per heavy atom. The Kier molecular flexibility index (Phi) is 16.6. The van der Waals surface area contributed by atoms with Crippen LogP contribution in [0.1, 0.15) is 6.42 Å². The van der Waals surface area contributed by atoms with Crippen LogP contribution in [0.15, 0.2) is 12.7 Å². The first-order valence-electron chi connectivity index (χ1n) is 9.37. The van der Waals surface area contributed by atoms with E-state index in [-0.39, 0.29) is 39.5 Å². The van der Waals surface area contributed by atoms with Gasteiger partial charge >= 0.3 is 11.9 Å². The van der Waals surface area contributed by atoms with Gasteiger partial charge in [-0.05, 0) is 0 Å². The lowest BCUT2D eigenvalue weighted by Gasteiger charge is -2.22. The SMILES string of the molecule is C=CC(=O)OCC(O)(O)COCC(O)COCC(O)COC(=O)CCSCC(O)CO. The molecule has 3 atom stereocenters. The number of carbonyl (C=O) groups is 2. The van der Waals surface area contributed by atoms with E-state index in [1.165, 1.54) is 11.8 Å².